The van der Waals surface area contributed by atoms with E-state index < -0.39 is 0 Å². The normalized spacial score (nSPS) is 29.2. The summed E-state index contributed by atoms with van der Waals surface area (Å²) in [5.74, 6) is 2.18. The molecule has 1 heterocycles. The molecule has 0 aliphatic heterocycles. The van der Waals surface area contributed by atoms with Crippen LogP contribution in [-0.2, 0) is 0 Å². The molecule has 0 radical (unpaired) electrons. The Hall–Kier alpha value is -1.02. The van der Waals surface area contributed by atoms with Crippen molar-refractivity contribution < 1.29 is 4.42 Å². The molecule has 2 N–H and O–H groups in total. The van der Waals surface area contributed by atoms with Crippen LogP contribution in [-0.4, -0.2) is 6.54 Å². The summed E-state index contributed by atoms with van der Waals surface area (Å²) in [5, 5.41) is 0. The first kappa shape index (κ1) is 10.5. The molecule has 0 saturated heterocycles. The molecule has 2 atom stereocenters. The van der Waals surface area contributed by atoms with Crippen molar-refractivity contribution in [2.24, 2.45) is 23.0 Å². The third-order valence-corrected chi connectivity index (χ3v) is 3.71. The Bertz CT molecular complexity index is 362. The molecule has 0 bridgehead atoms. The van der Waals surface area contributed by atoms with Gasteiger partial charge in [0.25, 0.3) is 0 Å². The average molecular weight is 205 g/mol. The zero-order chi connectivity index (χ0) is 11.1. The van der Waals surface area contributed by atoms with E-state index in [1.807, 2.05) is 12.1 Å². The summed E-state index contributed by atoms with van der Waals surface area (Å²) in [5.41, 5.74) is 7.50. The lowest BCUT2D eigenvalue weighted by Gasteiger charge is -2.02. The van der Waals surface area contributed by atoms with E-state index in [4.69, 9.17) is 10.2 Å². The fourth-order valence-corrected chi connectivity index (χ4v) is 2.78. The van der Waals surface area contributed by atoms with Gasteiger partial charge in [0, 0.05) is 0 Å². The van der Waals surface area contributed by atoms with Gasteiger partial charge in [0.15, 0.2) is 0 Å². The van der Waals surface area contributed by atoms with Crippen LogP contribution in [0.25, 0.3) is 6.08 Å². The zero-order valence-electron chi connectivity index (χ0n) is 9.66. The number of hydrogen-bond acceptors (Lipinski definition) is 2. The second-order valence-corrected chi connectivity index (χ2v) is 5.05. The Morgan fingerprint density at radius 2 is 2.33 bits per heavy atom. The van der Waals surface area contributed by atoms with Gasteiger partial charge in [-0.3, -0.25) is 0 Å². The first-order valence-electron chi connectivity index (χ1n) is 5.49. The van der Waals surface area contributed by atoms with E-state index >= 15 is 0 Å². The number of furan rings is 1. The number of allylic oxidation sites excluding steroid dienone is 1. The van der Waals surface area contributed by atoms with Gasteiger partial charge >= 0.3 is 0 Å². The molecule has 0 spiro atoms. The maximum Gasteiger partial charge on any atom is 0.126 e. The van der Waals surface area contributed by atoms with Crippen LogP contribution >= 0.6 is 0 Å². The fourth-order valence-electron chi connectivity index (χ4n) is 2.78. The second kappa shape index (κ2) is 3.53. The van der Waals surface area contributed by atoms with E-state index in [0.717, 1.165) is 12.3 Å². The molecule has 1 fully saturated rings. The summed E-state index contributed by atoms with van der Waals surface area (Å²) in [7, 11) is 0. The van der Waals surface area contributed by atoms with Crippen LogP contribution in [0.5, 0.6) is 0 Å². The monoisotopic (exact) mass is 205 g/mol. The quantitative estimate of drug-likeness (QED) is 0.824. The molecule has 1 aliphatic rings. The lowest BCUT2D eigenvalue weighted by molar-refractivity contribution is 0.549. The molecule has 0 aromatic carbocycles. The van der Waals surface area contributed by atoms with Gasteiger partial charge in [-0.05, 0) is 48.9 Å². The lowest BCUT2D eigenvalue weighted by Crippen LogP contribution is -2.05. The molecule has 15 heavy (non-hydrogen) atoms. The summed E-state index contributed by atoms with van der Waals surface area (Å²) in [6.07, 6.45) is 3.83. The third-order valence-electron chi connectivity index (χ3n) is 3.71. The largest absolute Gasteiger partial charge is 0.465 e. The van der Waals surface area contributed by atoms with Crippen molar-refractivity contribution in [1.29, 1.82) is 0 Å². The molecule has 0 unspecified atom stereocenters. The highest BCUT2D eigenvalue weighted by Crippen LogP contribution is 2.61. The lowest BCUT2D eigenvalue weighted by atomic mass is 10.0. The van der Waals surface area contributed by atoms with Crippen molar-refractivity contribution in [3.63, 3.8) is 0 Å². The molecule has 2 nitrogen and oxygen atoms in total. The molecular weight excluding hydrogens is 186 g/mol. The SMILES string of the molecule is C/C(=C\c1ccco1)[C@H]1[C@H](CN)C1(C)C. The Morgan fingerprint density at radius 1 is 1.60 bits per heavy atom. The Balaban J connectivity index is 2.14. The molecule has 2 rings (SSSR count). The first-order chi connectivity index (χ1) is 7.07. The highest BCUT2D eigenvalue weighted by Gasteiger charge is 2.56. The minimum absolute atomic E-state index is 0.363. The van der Waals surface area contributed by atoms with Gasteiger partial charge < -0.3 is 10.2 Å². The number of nitrogens with two attached hydrogens (primary N) is 1. The van der Waals surface area contributed by atoms with Crippen LogP contribution in [0.15, 0.2) is 28.4 Å². The predicted molar refractivity (Wildman–Crippen MR) is 62.2 cm³/mol. The fraction of sp³-hybridized carbons (Fsp3) is 0.538. The smallest absolute Gasteiger partial charge is 0.126 e. The van der Waals surface area contributed by atoms with Crippen LogP contribution < -0.4 is 5.73 Å². The van der Waals surface area contributed by atoms with Crippen molar-refractivity contribution in [2.45, 2.75) is 20.8 Å². The molecule has 1 aromatic rings. The van der Waals surface area contributed by atoms with Crippen LogP contribution in [0.4, 0.5) is 0 Å². The van der Waals surface area contributed by atoms with Crippen molar-refractivity contribution >= 4 is 6.08 Å². The summed E-state index contributed by atoms with van der Waals surface area (Å²) in [6.45, 7) is 7.52. The van der Waals surface area contributed by atoms with Gasteiger partial charge in [0.1, 0.15) is 5.76 Å². The third kappa shape index (κ3) is 1.74. The van der Waals surface area contributed by atoms with Crippen molar-refractivity contribution in [2.75, 3.05) is 6.54 Å². The van der Waals surface area contributed by atoms with E-state index in [1.165, 1.54) is 5.57 Å². The van der Waals surface area contributed by atoms with E-state index in [1.54, 1.807) is 6.26 Å². The Morgan fingerprint density at radius 3 is 2.80 bits per heavy atom. The molecule has 1 aliphatic carbocycles. The molecule has 1 aromatic heterocycles. The number of hydrogen-bond donors (Lipinski definition) is 1. The summed E-state index contributed by atoms with van der Waals surface area (Å²) in [6, 6.07) is 3.90. The van der Waals surface area contributed by atoms with Crippen molar-refractivity contribution in [1.82, 2.24) is 0 Å². The van der Waals surface area contributed by atoms with Crippen molar-refractivity contribution in [3.05, 3.63) is 29.7 Å². The minimum atomic E-state index is 0.363. The van der Waals surface area contributed by atoms with Crippen LogP contribution in [0.1, 0.15) is 26.5 Å². The average Bonchev–Trinajstić information content (AvgIpc) is 2.56. The molecule has 2 heteroatoms. The van der Waals surface area contributed by atoms with Crippen LogP contribution in [0.2, 0.25) is 0 Å². The van der Waals surface area contributed by atoms with Crippen LogP contribution in [0, 0.1) is 17.3 Å². The molecule has 82 valence electrons. The summed E-state index contributed by atoms with van der Waals surface area (Å²) < 4.78 is 5.31. The van der Waals surface area contributed by atoms with Gasteiger partial charge in [-0.25, -0.2) is 0 Å². The van der Waals surface area contributed by atoms with Gasteiger partial charge in [-0.1, -0.05) is 19.4 Å². The number of rotatable bonds is 3. The molecule has 1 saturated carbocycles. The van der Waals surface area contributed by atoms with E-state index in [9.17, 15) is 0 Å². The van der Waals surface area contributed by atoms with Gasteiger partial charge in [0.05, 0.1) is 6.26 Å². The second-order valence-electron chi connectivity index (χ2n) is 5.05. The van der Waals surface area contributed by atoms with E-state index in [-0.39, 0.29) is 0 Å². The van der Waals surface area contributed by atoms with E-state index in [2.05, 4.69) is 26.8 Å². The standard InChI is InChI=1S/C13H19NO/c1-9(7-10-5-4-6-15-10)12-11(8-14)13(12,2)3/h4-7,11-12H,8,14H2,1-3H3/b9-7+/t11-,12-/m0/s1. The zero-order valence-corrected chi connectivity index (χ0v) is 9.66. The maximum absolute atomic E-state index is 5.76. The van der Waals surface area contributed by atoms with Gasteiger partial charge in [-0.15, -0.1) is 0 Å². The van der Waals surface area contributed by atoms with Crippen LogP contribution in [0.3, 0.4) is 0 Å². The molecular formula is C13H19NO. The highest BCUT2D eigenvalue weighted by molar-refractivity contribution is 5.49. The summed E-state index contributed by atoms with van der Waals surface area (Å²) >= 11 is 0. The maximum atomic E-state index is 5.76. The van der Waals surface area contributed by atoms with Crippen molar-refractivity contribution in [3.8, 4) is 0 Å². The topological polar surface area (TPSA) is 39.2 Å². The highest BCUT2D eigenvalue weighted by atomic mass is 16.3. The predicted octanol–water partition coefficient (Wildman–Crippen LogP) is 2.91. The first-order valence-corrected chi connectivity index (χ1v) is 5.49. The Labute approximate surface area is 91.2 Å². The van der Waals surface area contributed by atoms with Gasteiger partial charge in [-0.2, -0.15) is 0 Å². The minimum Gasteiger partial charge on any atom is -0.465 e. The van der Waals surface area contributed by atoms with E-state index in [0.29, 0.717) is 17.3 Å². The van der Waals surface area contributed by atoms with Gasteiger partial charge in [0.2, 0.25) is 0 Å². The Kier molecular flexibility index (Phi) is 2.47. The molecule has 0 amide bonds. The summed E-state index contributed by atoms with van der Waals surface area (Å²) in [4.78, 5) is 0.